The van der Waals surface area contributed by atoms with Crippen molar-refractivity contribution in [3.8, 4) is 34.5 Å². The Balaban J connectivity index is 1.82. The van der Waals surface area contributed by atoms with Crippen LogP contribution in [0.3, 0.4) is 0 Å². The molecule has 0 amide bonds. The van der Waals surface area contributed by atoms with Crippen LogP contribution in [0.5, 0.6) is 34.5 Å². The van der Waals surface area contributed by atoms with Crippen molar-refractivity contribution in [2.24, 2.45) is 0 Å². The third-order valence-corrected chi connectivity index (χ3v) is 6.04. The van der Waals surface area contributed by atoms with E-state index >= 15 is 0 Å². The molecule has 4 rings (SSSR count). The van der Waals surface area contributed by atoms with Crippen LogP contribution in [0, 0.1) is 0 Å². The average molecular weight is 394 g/mol. The normalized spacial score (nSPS) is 18.0. The Labute approximate surface area is 167 Å². The molecule has 1 aliphatic carbocycles. The van der Waals surface area contributed by atoms with E-state index < -0.39 is 5.41 Å². The summed E-state index contributed by atoms with van der Waals surface area (Å²) < 4.78 is 0. The predicted octanol–water partition coefficient (Wildman–Crippen LogP) is 4.17. The Morgan fingerprint density at radius 1 is 0.586 bits per heavy atom. The first kappa shape index (κ1) is 18.8. The number of aromatic hydroxyl groups is 6. The van der Waals surface area contributed by atoms with Crippen LogP contribution in [-0.2, 0) is 5.41 Å². The molecule has 1 unspecified atom stereocenters. The lowest BCUT2D eigenvalue weighted by atomic mass is 9.72. The molecule has 6 heteroatoms. The Kier molecular flexibility index (Phi) is 4.42. The number of hydrogen-bond donors (Lipinski definition) is 6. The molecule has 3 aromatic rings. The SMILES string of the molecule is Oc1ccc(C2CCC(c3ccc(O)c(O)c3)(c3ccc(O)c(O)c3)C2)cc1O. The van der Waals surface area contributed by atoms with E-state index in [9.17, 15) is 30.6 Å². The molecule has 1 saturated carbocycles. The van der Waals surface area contributed by atoms with Crippen LogP contribution in [0.15, 0.2) is 54.6 Å². The average Bonchev–Trinajstić information content (AvgIpc) is 3.15. The maximum absolute atomic E-state index is 10.1. The van der Waals surface area contributed by atoms with Crippen LogP contribution in [0.25, 0.3) is 0 Å². The number of hydrogen-bond acceptors (Lipinski definition) is 6. The van der Waals surface area contributed by atoms with E-state index in [1.165, 1.54) is 30.3 Å². The highest BCUT2D eigenvalue weighted by Gasteiger charge is 2.43. The number of phenolic OH excluding ortho intramolecular Hbond substituents is 6. The smallest absolute Gasteiger partial charge is 0.157 e. The zero-order valence-electron chi connectivity index (χ0n) is 15.6. The van der Waals surface area contributed by atoms with E-state index in [0.717, 1.165) is 23.1 Å². The monoisotopic (exact) mass is 394 g/mol. The van der Waals surface area contributed by atoms with Crippen LogP contribution in [0.1, 0.15) is 41.9 Å². The fourth-order valence-corrected chi connectivity index (χ4v) is 4.46. The fourth-order valence-electron chi connectivity index (χ4n) is 4.46. The van der Waals surface area contributed by atoms with Gasteiger partial charge in [-0.15, -0.1) is 0 Å². The first-order valence-corrected chi connectivity index (χ1v) is 9.37. The molecule has 29 heavy (non-hydrogen) atoms. The topological polar surface area (TPSA) is 121 Å². The second-order valence-electron chi connectivity index (χ2n) is 7.68. The minimum absolute atomic E-state index is 0.0633. The first-order chi connectivity index (χ1) is 13.8. The molecule has 0 spiro atoms. The van der Waals surface area contributed by atoms with Crippen LogP contribution >= 0.6 is 0 Å². The molecule has 0 saturated heterocycles. The van der Waals surface area contributed by atoms with E-state index in [1.807, 2.05) is 0 Å². The zero-order valence-corrected chi connectivity index (χ0v) is 15.6. The van der Waals surface area contributed by atoms with Crippen LogP contribution in [-0.4, -0.2) is 30.6 Å². The summed E-state index contributed by atoms with van der Waals surface area (Å²) >= 11 is 0. The highest BCUT2D eigenvalue weighted by Crippen LogP contribution is 2.54. The Hall–Kier alpha value is -3.54. The molecule has 0 aliphatic heterocycles. The molecule has 3 aromatic carbocycles. The van der Waals surface area contributed by atoms with Gasteiger partial charge in [0.15, 0.2) is 34.5 Å². The van der Waals surface area contributed by atoms with Crippen LogP contribution in [0.4, 0.5) is 0 Å². The van der Waals surface area contributed by atoms with Crippen molar-refractivity contribution in [3.63, 3.8) is 0 Å². The predicted molar refractivity (Wildman–Crippen MR) is 107 cm³/mol. The van der Waals surface area contributed by atoms with Gasteiger partial charge in [-0.05, 0) is 78.3 Å². The molecule has 1 fully saturated rings. The van der Waals surface area contributed by atoms with Crippen molar-refractivity contribution in [1.82, 2.24) is 0 Å². The zero-order chi connectivity index (χ0) is 20.8. The van der Waals surface area contributed by atoms with E-state index in [4.69, 9.17) is 0 Å². The lowest BCUT2D eigenvalue weighted by Gasteiger charge is -2.31. The maximum Gasteiger partial charge on any atom is 0.157 e. The van der Waals surface area contributed by atoms with Gasteiger partial charge in [0.05, 0.1) is 0 Å². The fraction of sp³-hybridized carbons (Fsp3) is 0.217. The van der Waals surface area contributed by atoms with Gasteiger partial charge in [0.25, 0.3) is 0 Å². The summed E-state index contributed by atoms with van der Waals surface area (Å²) in [6.07, 6.45) is 2.08. The molecule has 1 atom stereocenters. The van der Waals surface area contributed by atoms with E-state index in [-0.39, 0.29) is 40.4 Å². The number of benzene rings is 3. The molecule has 6 nitrogen and oxygen atoms in total. The molecule has 6 N–H and O–H groups in total. The standard InChI is InChI=1S/C23H22O6/c24-17-4-1-13(9-20(17)27)14-7-8-23(12-14,15-2-5-18(25)21(28)10-15)16-3-6-19(26)22(29)11-16/h1-6,9-11,14,24-29H,7-8,12H2. The Morgan fingerprint density at radius 3 is 1.55 bits per heavy atom. The van der Waals surface area contributed by atoms with Gasteiger partial charge in [-0.2, -0.15) is 0 Å². The summed E-state index contributed by atoms with van der Waals surface area (Å²) in [5.41, 5.74) is 1.87. The van der Waals surface area contributed by atoms with Crippen molar-refractivity contribution < 1.29 is 30.6 Å². The summed E-state index contributed by atoms with van der Waals surface area (Å²) in [4.78, 5) is 0. The van der Waals surface area contributed by atoms with Crippen molar-refractivity contribution in [3.05, 3.63) is 71.3 Å². The molecule has 1 aliphatic rings. The second-order valence-corrected chi connectivity index (χ2v) is 7.68. The molecule has 0 bridgehead atoms. The van der Waals surface area contributed by atoms with Gasteiger partial charge in [0.2, 0.25) is 0 Å². The highest BCUT2D eigenvalue weighted by atomic mass is 16.3. The molecule has 0 aromatic heterocycles. The quantitative estimate of drug-likeness (QED) is 0.371. The maximum atomic E-state index is 10.1. The van der Waals surface area contributed by atoms with Gasteiger partial charge in [-0.1, -0.05) is 18.2 Å². The molecule has 150 valence electrons. The lowest BCUT2D eigenvalue weighted by Crippen LogP contribution is -2.24. The van der Waals surface area contributed by atoms with Gasteiger partial charge >= 0.3 is 0 Å². The third-order valence-electron chi connectivity index (χ3n) is 6.04. The van der Waals surface area contributed by atoms with Crippen molar-refractivity contribution >= 4 is 0 Å². The summed E-state index contributed by atoms with van der Waals surface area (Å²) in [6.45, 7) is 0. The molecule has 0 radical (unpaired) electrons. The van der Waals surface area contributed by atoms with E-state index in [0.29, 0.717) is 12.8 Å². The van der Waals surface area contributed by atoms with Crippen LogP contribution in [0.2, 0.25) is 0 Å². The number of phenols is 6. The number of rotatable bonds is 3. The Morgan fingerprint density at radius 2 is 1.07 bits per heavy atom. The van der Waals surface area contributed by atoms with Gasteiger partial charge in [0, 0.05) is 5.41 Å². The van der Waals surface area contributed by atoms with E-state index in [1.54, 1.807) is 24.3 Å². The Bertz CT molecular complexity index is 1020. The first-order valence-electron chi connectivity index (χ1n) is 9.37. The highest BCUT2D eigenvalue weighted by molar-refractivity contribution is 5.52. The summed E-state index contributed by atoms with van der Waals surface area (Å²) in [5, 5.41) is 59.1. The van der Waals surface area contributed by atoms with Crippen molar-refractivity contribution in [2.75, 3.05) is 0 Å². The lowest BCUT2D eigenvalue weighted by molar-refractivity contribution is 0.397. The largest absolute Gasteiger partial charge is 0.504 e. The third kappa shape index (κ3) is 3.16. The van der Waals surface area contributed by atoms with Crippen molar-refractivity contribution in [1.29, 1.82) is 0 Å². The minimum Gasteiger partial charge on any atom is -0.504 e. The molecular weight excluding hydrogens is 372 g/mol. The van der Waals surface area contributed by atoms with E-state index in [2.05, 4.69) is 0 Å². The van der Waals surface area contributed by atoms with Crippen LogP contribution < -0.4 is 0 Å². The molecular formula is C23H22O6. The summed E-state index contributed by atoms with van der Waals surface area (Å²) in [5.74, 6) is -1.17. The second kappa shape index (κ2) is 6.81. The molecule has 0 heterocycles. The van der Waals surface area contributed by atoms with Gasteiger partial charge in [-0.3, -0.25) is 0 Å². The van der Waals surface area contributed by atoms with Gasteiger partial charge < -0.3 is 30.6 Å². The van der Waals surface area contributed by atoms with Crippen molar-refractivity contribution in [2.45, 2.75) is 30.6 Å². The minimum atomic E-state index is -0.575. The summed E-state index contributed by atoms with van der Waals surface area (Å²) in [6, 6.07) is 14.2. The van der Waals surface area contributed by atoms with Gasteiger partial charge in [-0.25, -0.2) is 0 Å². The summed E-state index contributed by atoms with van der Waals surface area (Å²) in [7, 11) is 0. The van der Waals surface area contributed by atoms with Gasteiger partial charge in [0.1, 0.15) is 0 Å².